The van der Waals surface area contributed by atoms with Gasteiger partial charge in [-0.3, -0.25) is 0 Å². The van der Waals surface area contributed by atoms with Gasteiger partial charge in [0, 0.05) is 0 Å². The van der Waals surface area contributed by atoms with E-state index in [2.05, 4.69) is 0 Å². The first-order chi connectivity index (χ1) is 13.4. The van der Waals surface area contributed by atoms with Crippen molar-refractivity contribution in [1.82, 2.24) is 0 Å². The number of rotatable bonds is 6. The number of carboxylic acid groups (broad SMARTS) is 2. The van der Waals surface area contributed by atoms with E-state index in [1.54, 1.807) is 12.1 Å². The second kappa shape index (κ2) is 8.04. The Labute approximate surface area is 161 Å². The predicted octanol–water partition coefficient (Wildman–Crippen LogP) is 3.40. The summed E-state index contributed by atoms with van der Waals surface area (Å²) in [6.07, 6.45) is 0. The predicted molar refractivity (Wildman–Crippen MR) is 103 cm³/mol. The zero-order valence-electron chi connectivity index (χ0n) is 14.8. The van der Waals surface area contributed by atoms with Crippen molar-refractivity contribution in [3.63, 3.8) is 0 Å². The van der Waals surface area contributed by atoms with Gasteiger partial charge in [0.15, 0.2) is 0 Å². The van der Waals surface area contributed by atoms with Crippen LogP contribution in [0.3, 0.4) is 0 Å². The fourth-order valence-electron chi connectivity index (χ4n) is 3.11. The van der Waals surface area contributed by atoms with Crippen LogP contribution in [0.2, 0.25) is 0 Å². The van der Waals surface area contributed by atoms with Crippen LogP contribution in [0.25, 0.3) is 22.3 Å². The molecule has 0 spiro atoms. The number of hydrogen-bond acceptors (Lipinski definition) is 4. The summed E-state index contributed by atoms with van der Waals surface area (Å²) in [7, 11) is 0. The molecule has 3 aromatic rings. The molecule has 0 aromatic heterocycles. The van der Waals surface area contributed by atoms with E-state index >= 15 is 0 Å². The molecule has 0 saturated carbocycles. The molecule has 28 heavy (non-hydrogen) atoms. The number of aromatic carboxylic acids is 2. The van der Waals surface area contributed by atoms with Crippen LogP contribution < -0.4 is 0 Å². The van der Waals surface area contributed by atoms with Crippen LogP contribution in [0.5, 0.6) is 0 Å². The lowest BCUT2D eigenvalue weighted by Crippen LogP contribution is -2.00. The second-order valence-electron chi connectivity index (χ2n) is 6.25. The zero-order chi connectivity index (χ0) is 20.3. The minimum Gasteiger partial charge on any atom is -0.478 e. The maximum absolute atomic E-state index is 11.1. The largest absolute Gasteiger partial charge is 0.478 e. The summed E-state index contributed by atoms with van der Waals surface area (Å²) in [6.45, 7) is -0.576. The summed E-state index contributed by atoms with van der Waals surface area (Å²) in [5.74, 6) is -2.11. The van der Waals surface area contributed by atoms with Gasteiger partial charge < -0.3 is 20.4 Å². The molecule has 3 aromatic carbocycles. The zero-order valence-corrected chi connectivity index (χ0v) is 14.8. The molecule has 0 saturated heterocycles. The van der Waals surface area contributed by atoms with E-state index in [1.807, 2.05) is 24.3 Å². The number of aliphatic hydroxyl groups excluding tert-OH is 2. The third kappa shape index (κ3) is 3.78. The van der Waals surface area contributed by atoms with Gasteiger partial charge in [0.05, 0.1) is 24.3 Å². The minimum atomic E-state index is -1.06. The highest BCUT2D eigenvalue weighted by atomic mass is 16.4. The second-order valence-corrected chi connectivity index (χ2v) is 6.25. The van der Waals surface area contributed by atoms with E-state index in [1.165, 1.54) is 24.3 Å². The number of hydrogen-bond donors (Lipinski definition) is 4. The Balaban J connectivity index is 1.99. The molecule has 142 valence electrons. The lowest BCUT2D eigenvalue weighted by Gasteiger charge is -2.12. The van der Waals surface area contributed by atoms with Crippen molar-refractivity contribution in [2.24, 2.45) is 0 Å². The summed E-state index contributed by atoms with van der Waals surface area (Å²) in [4.78, 5) is 22.2. The highest BCUT2D eigenvalue weighted by Gasteiger charge is 2.12. The lowest BCUT2D eigenvalue weighted by molar-refractivity contribution is 0.0686. The van der Waals surface area contributed by atoms with Crippen molar-refractivity contribution in [3.05, 3.63) is 82.9 Å². The quantitative estimate of drug-likeness (QED) is 0.523. The van der Waals surface area contributed by atoms with E-state index < -0.39 is 11.9 Å². The Morgan fingerprint density at radius 2 is 0.964 bits per heavy atom. The van der Waals surface area contributed by atoms with E-state index in [0.29, 0.717) is 11.1 Å². The Bertz CT molecular complexity index is 953. The average Bonchev–Trinajstić information content (AvgIpc) is 2.72. The monoisotopic (exact) mass is 378 g/mol. The van der Waals surface area contributed by atoms with E-state index in [-0.39, 0.29) is 24.3 Å². The molecule has 6 heteroatoms. The van der Waals surface area contributed by atoms with Gasteiger partial charge >= 0.3 is 11.9 Å². The maximum Gasteiger partial charge on any atom is 0.335 e. The average molecular weight is 378 g/mol. The van der Waals surface area contributed by atoms with Crippen LogP contribution in [0.4, 0.5) is 0 Å². The van der Waals surface area contributed by atoms with Crippen LogP contribution in [-0.2, 0) is 13.2 Å². The van der Waals surface area contributed by atoms with Gasteiger partial charge in [-0.25, -0.2) is 9.59 Å². The Morgan fingerprint density at radius 1 is 0.607 bits per heavy atom. The first-order valence-corrected chi connectivity index (χ1v) is 8.49. The van der Waals surface area contributed by atoms with Crippen LogP contribution in [-0.4, -0.2) is 32.4 Å². The summed E-state index contributed by atoms with van der Waals surface area (Å²) >= 11 is 0. The summed E-state index contributed by atoms with van der Waals surface area (Å²) < 4.78 is 0. The van der Waals surface area contributed by atoms with Crippen LogP contribution >= 0.6 is 0 Å². The fraction of sp³-hybridized carbons (Fsp3) is 0.0909. The summed E-state index contributed by atoms with van der Waals surface area (Å²) in [6, 6.07) is 16.5. The first kappa shape index (κ1) is 19.3. The molecule has 6 nitrogen and oxygen atoms in total. The third-order valence-corrected chi connectivity index (χ3v) is 4.55. The van der Waals surface area contributed by atoms with Crippen LogP contribution in [0.15, 0.2) is 60.7 Å². The number of carbonyl (C=O) groups is 2. The molecule has 0 radical (unpaired) electrons. The van der Waals surface area contributed by atoms with Crippen molar-refractivity contribution >= 4 is 11.9 Å². The highest BCUT2D eigenvalue weighted by Crippen LogP contribution is 2.30. The van der Waals surface area contributed by atoms with Crippen molar-refractivity contribution < 1.29 is 30.0 Å². The van der Waals surface area contributed by atoms with Crippen molar-refractivity contribution in [2.75, 3.05) is 0 Å². The molecule has 0 bridgehead atoms. The minimum absolute atomic E-state index is 0.107. The maximum atomic E-state index is 11.1. The molecule has 0 heterocycles. The van der Waals surface area contributed by atoms with E-state index in [0.717, 1.165) is 22.3 Å². The fourth-order valence-corrected chi connectivity index (χ4v) is 3.11. The smallest absolute Gasteiger partial charge is 0.335 e. The number of aliphatic hydroxyl groups is 2. The molecule has 0 atom stereocenters. The van der Waals surface area contributed by atoms with Gasteiger partial charge in [-0.1, -0.05) is 36.4 Å². The summed E-state index contributed by atoms with van der Waals surface area (Å²) in [5.41, 5.74) is 4.29. The van der Waals surface area contributed by atoms with Crippen LogP contribution in [0, 0.1) is 0 Å². The Hall–Kier alpha value is -3.48. The molecule has 3 rings (SSSR count). The molecular formula is C22H18O6. The van der Waals surface area contributed by atoms with Gasteiger partial charge in [0.1, 0.15) is 0 Å². The molecule has 0 fully saturated rings. The molecule has 0 aliphatic rings. The van der Waals surface area contributed by atoms with Crippen molar-refractivity contribution in [3.8, 4) is 22.3 Å². The number of carboxylic acids is 2. The van der Waals surface area contributed by atoms with Crippen molar-refractivity contribution in [2.45, 2.75) is 13.2 Å². The van der Waals surface area contributed by atoms with Gasteiger partial charge in [-0.2, -0.15) is 0 Å². The first-order valence-electron chi connectivity index (χ1n) is 8.49. The standard InChI is InChI=1S/C22H18O6/c23-11-17-9-15(21(25)26)5-7-19(17)13-1-2-14(4-3-13)20-8-6-16(22(27)28)10-18(20)12-24/h1-10,23-24H,11-12H2,(H,25,26)(H,27,28). The number of benzene rings is 3. The van der Waals surface area contributed by atoms with Crippen LogP contribution in [0.1, 0.15) is 31.8 Å². The topological polar surface area (TPSA) is 115 Å². The SMILES string of the molecule is O=C(O)c1ccc(-c2ccc(-c3ccc(C(=O)O)cc3CO)cc2)c(CO)c1. The summed E-state index contributed by atoms with van der Waals surface area (Å²) in [5, 5.41) is 37.4. The van der Waals surface area contributed by atoms with Crippen molar-refractivity contribution in [1.29, 1.82) is 0 Å². The van der Waals surface area contributed by atoms with Gasteiger partial charge in [-0.05, 0) is 57.6 Å². The lowest BCUT2D eigenvalue weighted by atomic mass is 9.94. The molecule has 0 amide bonds. The molecule has 0 aliphatic carbocycles. The van der Waals surface area contributed by atoms with Gasteiger partial charge in [0.25, 0.3) is 0 Å². The molecule has 0 unspecified atom stereocenters. The Kier molecular flexibility index (Phi) is 5.54. The van der Waals surface area contributed by atoms with Gasteiger partial charge in [-0.15, -0.1) is 0 Å². The molecular weight excluding hydrogens is 360 g/mol. The molecule has 4 N–H and O–H groups in total. The molecule has 0 aliphatic heterocycles. The van der Waals surface area contributed by atoms with E-state index in [9.17, 15) is 19.8 Å². The van der Waals surface area contributed by atoms with Gasteiger partial charge in [0.2, 0.25) is 0 Å². The highest BCUT2D eigenvalue weighted by molar-refractivity contribution is 5.90. The Morgan fingerprint density at radius 3 is 1.25 bits per heavy atom. The third-order valence-electron chi connectivity index (χ3n) is 4.55. The van der Waals surface area contributed by atoms with E-state index in [4.69, 9.17) is 10.2 Å². The normalized spacial score (nSPS) is 10.6.